The molecule has 0 atom stereocenters. The molecule has 8 nitrogen and oxygen atoms in total. The molecule has 0 bridgehead atoms. The van der Waals surface area contributed by atoms with Crippen molar-refractivity contribution < 1.29 is 23.1 Å². The normalized spacial score (nSPS) is 18.3. The van der Waals surface area contributed by atoms with E-state index in [4.69, 9.17) is 9.15 Å². The molecular formula is C22H27FN4O4. The van der Waals surface area contributed by atoms with Crippen molar-refractivity contribution in [3.05, 3.63) is 47.9 Å². The number of aromatic nitrogens is 1. The third kappa shape index (κ3) is 4.87. The van der Waals surface area contributed by atoms with Gasteiger partial charge >= 0.3 is 5.97 Å². The lowest BCUT2D eigenvalue weighted by Crippen LogP contribution is -2.46. The lowest BCUT2D eigenvalue weighted by Gasteiger charge is -2.35. The van der Waals surface area contributed by atoms with Crippen LogP contribution in [0, 0.1) is 11.7 Å². The third-order valence-electron chi connectivity index (χ3n) is 6.01. The number of piperidine rings is 1. The number of esters is 1. The zero-order chi connectivity index (χ0) is 21.8. The van der Waals surface area contributed by atoms with Crippen molar-refractivity contribution >= 4 is 17.6 Å². The first-order valence-electron chi connectivity index (χ1n) is 10.6. The van der Waals surface area contributed by atoms with Crippen molar-refractivity contribution in [2.24, 2.45) is 5.92 Å². The molecule has 1 amide bonds. The standard InChI is InChI=1S/C22H27FN4O4/c1-30-22(29)16-6-8-27(9-7-16)21(28)18-15-31-20(24-18)14-25-10-12-26(13-11-25)19-5-3-2-4-17(19)23/h2-5,15-16H,6-14H2,1H3. The summed E-state index contributed by atoms with van der Waals surface area (Å²) in [7, 11) is 1.39. The zero-order valence-electron chi connectivity index (χ0n) is 17.6. The number of anilines is 1. The first-order valence-corrected chi connectivity index (χ1v) is 10.6. The summed E-state index contributed by atoms with van der Waals surface area (Å²) in [6.07, 6.45) is 2.59. The number of hydrogen-bond acceptors (Lipinski definition) is 7. The molecule has 9 heteroatoms. The maximum atomic E-state index is 14.0. The van der Waals surface area contributed by atoms with E-state index in [0.29, 0.717) is 57.1 Å². The highest BCUT2D eigenvalue weighted by molar-refractivity contribution is 5.92. The van der Waals surface area contributed by atoms with E-state index >= 15 is 0 Å². The Morgan fingerprint density at radius 1 is 1.13 bits per heavy atom. The molecule has 0 spiro atoms. The van der Waals surface area contributed by atoms with Gasteiger partial charge in [-0.25, -0.2) is 9.37 Å². The number of oxazole rings is 1. The van der Waals surface area contributed by atoms with Crippen molar-refractivity contribution in [3.8, 4) is 0 Å². The molecule has 1 aromatic carbocycles. The fourth-order valence-electron chi connectivity index (χ4n) is 4.18. The first kappa shape index (κ1) is 21.3. The van der Waals surface area contributed by atoms with Crippen LogP contribution in [0.3, 0.4) is 0 Å². The monoisotopic (exact) mass is 430 g/mol. The number of rotatable bonds is 5. The molecular weight excluding hydrogens is 403 g/mol. The van der Waals surface area contributed by atoms with Gasteiger partial charge in [0, 0.05) is 39.3 Å². The molecule has 0 N–H and O–H groups in total. The first-order chi connectivity index (χ1) is 15.0. The molecule has 2 aliphatic rings. The van der Waals surface area contributed by atoms with Crippen molar-refractivity contribution in [1.82, 2.24) is 14.8 Å². The lowest BCUT2D eigenvalue weighted by atomic mass is 9.97. The highest BCUT2D eigenvalue weighted by Crippen LogP contribution is 2.22. The van der Waals surface area contributed by atoms with Gasteiger partial charge in [0.15, 0.2) is 5.69 Å². The van der Waals surface area contributed by atoms with Crippen molar-refractivity contribution in [3.63, 3.8) is 0 Å². The lowest BCUT2D eigenvalue weighted by molar-refractivity contribution is -0.146. The van der Waals surface area contributed by atoms with Crippen LogP contribution in [0.1, 0.15) is 29.2 Å². The van der Waals surface area contributed by atoms with Gasteiger partial charge in [-0.1, -0.05) is 12.1 Å². The number of halogens is 1. The number of likely N-dealkylation sites (tertiary alicyclic amines) is 1. The summed E-state index contributed by atoms with van der Waals surface area (Å²) in [5.41, 5.74) is 0.915. The van der Waals surface area contributed by atoms with Crippen LogP contribution >= 0.6 is 0 Å². The molecule has 1 aromatic heterocycles. The summed E-state index contributed by atoms with van der Waals surface area (Å²) in [5, 5.41) is 0. The van der Waals surface area contributed by atoms with Crippen LogP contribution in [0.25, 0.3) is 0 Å². The molecule has 2 aliphatic heterocycles. The maximum Gasteiger partial charge on any atom is 0.308 e. The number of para-hydroxylation sites is 1. The number of methoxy groups -OCH3 is 1. The van der Waals surface area contributed by atoms with Gasteiger partial charge in [0.2, 0.25) is 5.89 Å². The molecule has 0 unspecified atom stereocenters. The predicted molar refractivity (Wildman–Crippen MR) is 111 cm³/mol. The summed E-state index contributed by atoms with van der Waals surface area (Å²) in [4.78, 5) is 34.7. The summed E-state index contributed by atoms with van der Waals surface area (Å²) in [5.74, 6) is -0.256. The molecule has 4 rings (SSSR count). The van der Waals surface area contributed by atoms with E-state index in [9.17, 15) is 14.0 Å². The van der Waals surface area contributed by atoms with Crippen LogP contribution in [-0.4, -0.2) is 73.0 Å². The van der Waals surface area contributed by atoms with Crippen LogP contribution in [0.5, 0.6) is 0 Å². The molecule has 2 aromatic rings. The van der Waals surface area contributed by atoms with Gasteiger partial charge in [0.1, 0.15) is 12.1 Å². The summed E-state index contributed by atoms with van der Waals surface area (Å²) in [6, 6.07) is 6.81. The highest BCUT2D eigenvalue weighted by Gasteiger charge is 2.30. The van der Waals surface area contributed by atoms with Crippen molar-refractivity contribution in [2.75, 3.05) is 51.3 Å². The van der Waals surface area contributed by atoms with Crippen LogP contribution in [0.2, 0.25) is 0 Å². The Balaban J connectivity index is 1.27. The fourth-order valence-corrected chi connectivity index (χ4v) is 4.18. The van der Waals surface area contributed by atoms with E-state index in [0.717, 1.165) is 13.1 Å². The van der Waals surface area contributed by atoms with Gasteiger partial charge in [0.05, 0.1) is 25.3 Å². The minimum absolute atomic E-state index is 0.148. The van der Waals surface area contributed by atoms with E-state index in [1.54, 1.807) is 17.0 Å². The molecule has 2 saturated heterocycles. The Kier molecular flexibility index (Phi) is 6.50. The maximum absolute atomic E-state index is 14.0. The Bertz CT molecular complexity index is 918. The second-order valence-electron chi connectivity index (χ2n) is 7.93. The number of carbonyl (C=O) groups excluding carboxylic acids is 2. The quantitative estimate of drug-likeness (QED) is 0.673. The predicted octanol–water partition coefficient (Wildman–Crippen LogP) is 2.16. The van der Waals surface area contributed by atoms with E-state index in [1.807, 2.05) is 11.0 Å². The topological polar surface area (TPSA) is 79.1 Å². The third-order valence-corrected chi connectivity index (χ3v) is 6.01. The number of benzene rings is 1. The smallest absolute Gasteiger partial charge is 0.308 e. The summed E-state index contributed by atoms with van der Waals surface area (Å²) >= 11 is 0. The Morgan fingerprint density at radius 2 is 1.84 bits per heavy atom. The van der Waals surface area contributed by atoms with Gasteiger partial charge in [-0.05, 0) is 25.0 Å². The van der Waals surface area contributed by atoms with E-state index < -0.39 is 0 Å². The average Bonchev–Trinajstić information content (AvgIpc) is 3.27. The molecule has 3 heterocycles. The second-order valence-corrected chi connectivity index (χ2v) is 7.93. The number of carbonyl (C=O) groups is 2. The zero-order valence-corrected chi connectivity index (χ0v) is 17.6. The largest absolute Gasteiger partial charge is 0.469 e. The van der Waals surface area contributed by atoms with Crippen molar-refractivity contribution in [2.45, 2.75) is 19.4 Å². The van der Waals surface area contributed by atoms with E-state index in [-0.39, 0.29) is 29.3 Å². The fraction of sp³-hybridized carbons (Fsp3) is 0.500. The number of nitrogens with zero attached hydrogens (tertiary/aromatic N) is 4. The number of piperazine rings is 1. The summed E-state index contributed by atoms with van der Waals surface area (Å²) < 4.78 is 24.3. The Morgan fingerprint density at radius 3 is 2.52 bits per heavy atom. The van der Waals surface area contributed by atoms with E-state index in [2.05, 4.69) is 9.88 Å². The van der Waals surface area contributed by atoms with Crippen LogP contribution in [0.4, 0.5) is 10.1 Å². The molecule has 0 saturated carbocycles. The van der Waals surface area contributed by atoms with Crippen LogP contribution < -0.4 is 4.90 Å². The SMILES string of the molecule is COC(=O)C1CCN(C(=O)c2coc(CN3CCN(c4ccccc4F)CC3)n2)CC1. The molecule has 0 radical (unpaired) electrons. The minimum atomic E-state index is -0.217. The van der Waals surface area contributed by atoms with Gasteiger partial charge in [0.25, 0.3) is 5.91 Å². The van der Waals surface area contributed by atoms with Crippen molar-refractivity contribution in [1.29, 1.82) is 0 Å². The van der Waals surface area contributed by atoms with Gasteiger partial charge < -0.3 is 19.0 Å². The van der Waals surface area contributed by atoms with Gasteiger partial charge in [-0.15, -0.1) is 0 Å². The van der Waals surface area contributed by atoms with Gasteiger partial charge in [-0.3, -0.25) is 14.5 Å². The average molecular weight is 430 g/mol. The van der Waals surface area contributed by atoms with Crippen LogP contribution in [-0.2, 0) is 16.1 Å². The molecule has 0 aliphatic carbocycles. The summed E-state index contributed by atoms with van der Waals surface area (Å²) in [6.45, 7) is 4.42. The molecule has 31 heavy (non-hydrogen) atoms. The van der Waals surface area contributed by atoms with Gasteiger partial charge in [-0.2, -0.15) is 0 Å². The molecule has 166 valence electrons. The number of ether oxygens (including phenoxy) is 1. The number of amides is 1. The number of hydrogen-bond donors (Lipinski definition) is 0. The van der Waals surface area contributed by atoms with E-state index in [1.165, 1.54) is 19.4 Å². The minimum Gasteiger partial charge on any atom is -0.469 e. The Hall–Kier alpha value is -2.94. The highest BCUT2D eigenvalue weighted by atomic mass is 19.1. The second kappa shape index (κ2) is 9.47. The molecule has 2 fully saturated rings. The Labute approximate surface area is 180 Å². The van der Waals surface area contributed by atoms with Crippen LogP contribution in [0.15, 0.2) is 34.9 Å².